The highest BCUT2D eigenvalue weighted by molar-refractivity contribution is 6.02. The first-order valence-corrected chi connectivity index (χ1v) is 14.3. The number of fused-ring (bicyclic) bond motifs is 1. The molecule has 2 aromatic heterocycles. The van der Waals surface area contributed by atoms with Crippen molar-refractivity contribution in [3.05, 3.63) is 101 Å². The summed E-state index contributed by atoms with van der Waals surface area (Å²) in [7, 11) is 1.33. The molecule has 0 N–H and O–H groups in total. The number of piperazine rings is 1. The number of amides is 2. The number of halogens is 1. The lowest BCUT2D eigenvalue weighted by molar-refractivity contribution is 0.0139. The minimum Gasteiger partial charge on any atom is -0.465 e. The first-order valence-electron chi connectivity index (χ1n) is 14.3. The van der Waals surface area contributed by atoms with E-state index in [9.17, 15) is 18.8 Å². The molecule has 0 radical (unpaired) electrons. The van der Waals surface area contributed by atoms with Crippen molar-refractivity contribution in [3.63, 3.8) is 0 Å². The van der Waals surface area contributed by atoms with Gasteiger partial charge in [-0.3, -0.25) is 4.79 Å². The van der Waals surface area contributed by atoms with Crippen molar-refractivity contribution in [2.45, 2.75) is 39.7 Å². The molecule has 0 bridgehead atoms. The first-order chi connectivity index (χ1) is 20.5. The molecule has 0 atom stereocenters. The molecule has 2 aromatic carbocycles. The lowest BCUT2D eigenvalue weighted by Crippen LogP contribution is -2.51. The quantitative estimate of drug-likeness (QED) is 0.264. The third-order valence-corrected chi connectivity index (χ3v) is 7.69. The molecule has 43 heavy (non-hydrogen) atoms. The van der Waals surface area contributed by atoms with E-state index in [0.29, 0.717) is 54.9 Å². The smallest absolute Gasteiger partial charge is 0.410 e. The number of aromatic nitrogens is 1. The minimum atomic E-state index is -0.615. The maximum Gasteiger partial charge on any atom is 0.410 e. The number of esters is 1. The van der Waals surface area contributed by atoms with Crippen molar-refractivity contribution >= 4 is 23.5 Å². The molecule has 1 aliphatic rings. The van der Waals surface area contributed by atoms with E-state index >= 15 is 0 Å². The number of methoxy groups -OCH3 is 1. The van der Waals surface area contributed by atoms with Crippen LogP contribution < -0.4 is 0 Å². The minimum absolute atomic E-state index is 0.212. The average Bonchev–Trinajstić information content (AvgIpc) is 3.31. The molecule has 4 aromatic rings. The summed E-state index contributed by atoms with van der Waals surface area (Å²) in [6.07, 6.45) is 1.60. The fraction of sp³-hybridized carbons (Fsp3) is 0.324. The van der Waals surface area contributed by atoms with Gasteiger partial charge >= 0.3 is 12.1 Å². The molecule has 9 heteroatoms. The number of benzene rings is 2. The van der Waals surface area contributed by atoms with E-state index in [4.69, 9.17) is 9.47 Å². The van der Waals surface area contributed by atoms with Crippen LogP contribution in [0.15, 0.2) is 66.9 Å². The maximum absolute atomic E-state index is 14.7. The number of hydrogen-bond donors (Lipinski definition) is 0. The Bertz CT molecular complexity index is 1680. The zero-order valence-corrected chi connectivity index (χ0v) is 25.1. The van der Waals surface area contributed by atoms with Gasteiger partial charge in [0.05, 0.1) is 18.2 Å². The number of rotatable bonds is 5. The lowest BCUT2D eigenvalue weighted by Gasteiger charge is -2.35. The second-order valence-electron chi connectivity index (χ2n) is 11.7. The van der Waals surface area contributed by atoms with Gasteiger partial charge in [0.25, 0.3) is 5.91 Å². The number of hydrogen-bond acceptors (Lipinski definition) is 5. The van der Waals surface area contributed by atoms with Crippen LogP contribution in [-0.2, 0) is 15.9 Å². The largest absolute Gasteiger partial charge is 0.465 e. The monoisotopic (exact) mass is 585 g/mol. The molecule has 0 saturated carbocycles. The Kier molecular flexibility index (Phi) is 8.26. The highest BCUT2D eigenvalue weighted by Crippen LogP contribution is 2.37. The summed E-state index contributed by atoms with van der Waals surface area (Å²) in [6, 6.07) is 18.0. The summed E-state index contributed by atoms with van der Waals surface area (Å²) in [5, 5.41) is 0. The van der Waals surface area contributed by atoms with Crippen molar-refractivity contribution in [1.82, 2.24) is 14.2 Å². The Morgan fingerprint density at radius 3 is 2.23 bits per heavy atom. The van der Waals surface area contributed by atoms with Crippen LogP contribution in [0.3, 0.4) is 0 Å². The summed E-state index contributed by atoms with van der Waals surface area (Å²) >= 11 is 0. The van der Waals surface area contributed by atoms with Gasteiger partial charge in [0.2, 0.25) is 0 Å². The van der Waals surface area contributed by atoms with Crippen LogP contribution >= 0.6 is 0 Å². The van der Waals surface area contributed by atoms with Crippen molar-refractivity contribution in [2.75, 3.05) is 33.3 Å². The highest BCUT2D eigenvalue weighted by Gasteiger charge is 2.32. The van der Waals surface area contributed by atoms with Crippen LogP contribution in [0, 0.1) is 12.7 Å². The normalized spacial score (nSPS) is 13.7. The average molecular weight is 586 g/mol. The van der Waals surface area contributed by atoms with E-state index < -0.39 is 17.7 Å². The summed E-state index contributed by atoms with van der Waals surface area (Å²) in [6.45, 7) is 8.51. The van der Waals surface area contributed by atoms with E-state index in [-0.39, 0.29) is 11.7 Å². The Labute approximate surface area is 250 Å². The Balaban J connectivity index is 1.63. The van der Waals surface area contributed by atoms with Gasteiger partial charge in [-0.1, -0.05) is 42.5 Å². The van der Waals surface area contributed by atoms with E-state index in [0.717, 1.165) is 22.3 Å². The van der Waals surface area contributed by atoms with Gasteiger partial charge < -0.3 is 23.7 Å². The van der Waals surface area contributed by atoms with Crippen LogP contribution in [-0.4, -0.2) is 71.1 Å². The predicted molar refractivity (Wildman–Crippen MR) is 162 cm³/mol. The third kappa shape index (κ3) is 6.11. The fourth-order valence-electron chi connectivity index (χ4n) is 5.48. The molecule has 0 spiro atoms. The molecular formula is C34H36FN3O5. The first kappa shape index (κ1) is 29.8. The number of pyridine rings is 1. The SMILES string of the molecule is COC(=O)c1ccn2c(C(=O)N3CCN(C(=O)OC(C)(C)C)CC3)c(Cc3cccc(F)c3C)c(-c3ccccc3)c2c1. The second-order valence-corrected chi connectivity index (χ2v) is 11.7. The molecule has 1 fully saturated rings. The molecule has 8 nitrogen and oxygen atoms in total. The molecule has 3 heterocycles. The topological polar surface area (TPSA) is 80.6 Å². The molecule has 1 aliphatic heterocycles. The van der Waals surface area contributed by atoms with Crippen LogP contribution in [0.1, 0.15) is 58.3 Å². The summed E-state index contributed by atoms with van der Waals surface area (Å²) < 4.78 is 27.0. The Morgan fingerprint density at radius 1 is 0.907 bits per heavy atom. The van der Waals surface area contributed by atoms with E-state index in [1.807, 2.05) is 57.2 Å². The van der Waals surface area contributed by atoms with Crippen LogP contribution in [0.25, 0.3) is 16.6 Å². The van der Waals surface area contributed by atoms with Crippen molar-refractivity contribution in [3.8, 4) is 11.1 Å². The molecule has 0 aliphatic carbocycles. The summed E-state index contributed by atoms with van der Waals surface area (Å²) in [4.78, 5) is 42.9. The fourth-order valence-corrected chi connectivity index (χ4v) is 5.48. The maximum atomic E-state index is 14.7. The van der Waals surface area contributed by atoms with Crippen LogP contribution in [0.5, 0.6) is 0 Å². The van der Waals surface area contributed by atoms with Crippen LogP contribution in [0.2, 0.25) is 0 Å². The standard InChI is InChI=1S/C34H36FN3O5/c1-22-24(12-9-13-27(22)35)20-26-29(23-10-7-6-8-11-23)28-21-25(32(40)42-5)14-15-38(28)30(26)31(39)36-16-18-37(19-17-36)33(41)43-34(2,3)4/h6-15,21H,16-20H2,1-5H3. The predicted octanol–water partition coefficient (Wildman–Crippen LogP) is 6.12. The van der Waals surface area contributed by atoms with E-state index in [2.05, 4.69) is 0 Å². The van der Waals surface area contributed by atoms with Gasteiger partial charge in [0.1, 0.15) is 17.1 Å². The number of ether oxygens (including phenoxy) is 2. The van der Waals surface area contributed by atoms with Crippen molar-refractivity contribution in [1.29, 1.82) is 0 Å². The number of nitrogens with zero attached hydrogens (tertiary/aromatic N) is 3. The number of carbonyl (C=O) groups excluding carboxylic acids is 3. The zero-order chi connectivity index (χ0) is 30.9. The van der Waals surface area contributed by atoms with E-state index in [1.165, 1.54) is 13.2 Å². The number of carbonyl (C=O) groups is 3. The van der Waals surface area contributed by atoms with Gasteiger partial charge in [0, 0.05) is 44.4 Å². The summed E-state index contributed by atoms with van der Waals surface area (Å²) in [5.41, 5.74) is 4.46. The molecule has 5 rings (SSSR count). The van der Waals surface area contributed by atoms with Crippen molar-refractivity contribution < 1.29 is 28.2 Å². The zero-order valence-electron chi connectivity index (χ0n) is 25.1. The van der Waals surface area contributed by atoms with Gasteiger partial charge in [-0.25, -0.2) is 14.0 Å². The molecule has 1 saturated heterocycles. The molecule has 0 unspecified atom stereocenters. The van der Waals surface area contributed by atoms with Gasteiger partial charge in [-0.15, -0.1) is 0 Å². The van der Waals surface area contributed by atoms with Gasteiger partial charge in [-0.2, -0.15) is 0 Å². The molecular weight excluding hydrogens is 549 g/mol. The van der Waals surface area contributed by atoms with Gasteiger partial charge in [-0.05, 0) is 68.1 Å². The Hall–Kier alpha value is -4.66. The van der Waals surface area contributed by atoms with Crippen LogP contribution in [0.4, 0.5) is 9.18 Å². The van der Waals surface area contributed by atoms with E-state index in [1.54, 1.807) is 45.5 Å². The second kappa shape index (κ2) is 11.9. The lowest BCUT2D eigenvalue weighted by atomic mass is 9.93. The molecule has 2 amide bonds. The third-order valence-electron chi connectivity index (χ3n) is 7.69. The highest BCUT2D eigenvalue weighted by atomic mass is 19.1. The molecule has 224 valence electrons. The van der Waals surface area contributed by atoms with Crippen molar-refractivity contribution in [2.24, 2.45) is 0 Å². The van der Waals surface area contributed by atoms with Gasteiger partial charge in [0.15, 0.2) is 0 Å². The Morgan fingerprint density at radius 2 is 1.58 bits per heavy atom. The summed E-state index contributed by atoms with van der Waals surface area (Å²) in [5.74, 6) is -1.02.